The van der Waals surface area contributed by atoms with Crippen LogP contribution in [0.4, 0.5) is 10.2 Å². The van der Waals surface area contributed by atoms with Gasteiger partial charge in [0.15, 0.2) is 11.6 Å². The normalized spacial score (nSPS) is 19.8. The zero-order valence-electron chi connectivity index (χ0n) is 11.0. The van der Waals surface area contributed by atoms with Crippen molar-refractivity contribution >= 4 is 5.82 Å². The van der Waals surface area contributed by atoms with Crippen LogP contribution in [0.2, 0.25) is 0 Å². The minimum atomic E-state index is -0.344. The summed E-state index contributed by atoms with van der Waals surface area (Å²) in [5, 5.41) is 3.02. The second-order valence-electron chi connectivity index (χ2n) is 4.67. The van der Waals surface area contributed by atoms with Crippen molar-refractivity contribution in [1.29, 1.82) is 0 Å². The number of rotatable bonds is 4. The average Bonchev–Trinajstić information content (AvgIpc) is 2.41. The first-order valence-electron chi connectivity index (χ1n) is 6.58. The first kappa shape index (κ1) is 13.2. The smallest absolute Gasteiger partial charge is 0.186 e. The summed E-state index contributed by atoms with van der Waals surface area (Å²) in [5.74, 6) is 0.876. The maximum atomic E-state index is 13.9. The van der Waals surface area contributed by atoms with Crippen LogP contribution >= 0.6 is 0 Å². The predicted molar refractivity (Wildman–Crippen MR) is 68.3 cm³/mol. The van der Waals surface area contributed by atoms with E-state index in [1.807, 2.05) is 6.92 Å². The van der Waals surface area contributed by atoms with Crippen molar-refractivity contribution < 1.29 is 9.13 Å². The van der Waals surface area contributed by atoms with Crippen LogP contribution in [0.1, 0.15) is 43.6 Å². The number of anilines is 1. The number of halogens is 1. The summed E-state index contributed by atoms with van der Waals surface area (Å²) in [6.07, 6.45) is 2.96. The van der Waals surface area contributed by atoms with E-state index in [-0.39, 0.29) is 11.7 Å². The van der Waals surface area contributed by atoms with E-state index in [9.17, 15) is 4.39 Å². The zero-order valence-corrected chi connectivity index (χ0v) is 11.0. The van der Waals surface area contributed by atoms with Crippen molar-refractivity contribution in [2.45, 2.75) is 39.0 Å². The van der Waals surface area contributed by atoms with Crippen molar-refractivity contribution in [1.82, 2.24) is 9.97 Å². The van der Waals surface area contributed by atoms with Gasteiger partial charge in [-0.05, 0) is 26.2 Å². The maximum Gasteiger partial charge on any atom is 0.186 e. The van der Waals surface area contributed by atoms with Crippen LogP contribution in [-0.2, 0) is 4.74 Å². The van der Waals surface area contributed by atoms with E-state index in [1.165, 1.54) is 0 Å². The Labute approximate surface area is 107 Å². The highest BCUT2D eigenvalue weighted by Crippen LogP contribution is 2.25. The standard InChI is InChI=1S/C13H20FN3O/c1-3-6-15-13-11(14)9(2)16-12(17-13)10-5-4-7-18-8-10/h10H,3-8H2,1-2H3,(H,15,16,17). The molecule has 1 aromatic rings. The fourth-order valence-corrected chi connectivity index (χ4v) is 2.07. The highest BCUT2D eigenvalue weighted by molar-refractivity contribution is 5.38. The van der Waals surface area contributed by atoms with Gasteiger partial charge in [-0.2, -0.15) is 0 Å². The van der Waals surface area contributed by atoms with E-state index in [4.69, 9.17) is 4.74 Å². The van der Waals surface area contributed by atoms with Gasteiger partial charge in [-0.3, -0.25) is 0 Å². The van der Waals surface area contributed by atoms with Gasteiger partial charge >= 0.3 is 0 Å². The third kappa shape index (κ3) is 2.96. The number of hydrogen-bond donors (Lipinski definition) is 1. The summed E-state index contributed by atoms with van der Waals surface area (Å²) in [4.78, 5) is 8.58. The molecule has 1 fully saturated rings. The van der Waals surface area contributed by atoms with Crippen LogP contribution in [0, 0.1) is 12.7 Å². The van der Waals surface area contributed by atoms with Crippen molar-refractivity contribution in [2.24, 2.45) is 0 Å². The Morgan fingerprint density at radius 3 is 2.94 bits per heavy atom. The fraction of sp³-hybridized carbons (Fsp3) is 0.692. The second kappa shape index (κ2) is 6.09. The predicted octanol–water partition coefficient (Wildman–Crippen LogP) is 2.64. The van der Waals surface area contributed by atoms with Crippen LogP contribution in [0.25, 0.3) is 0 Å². The Bertz CT molecular complexity index is 405. The summed E-state index contributed by atoms with van der Waals surface area (Å²) in [5.41, 5.74) is 0.407. The van der Waals surface area contributed by atoms with Crippen molar-refractivity contribution in [2.75, 3.05) is 25.1 Å². The molecule has 0 aliphatic carbocycles. The van der Waals surface area contributed by atoms with E-state index in [1.54, 1.807) is 6.92 Å². The largest absolute Gasteiger partial charge is 0.381 e. The SMILES string of the molecule is CCCNc1nc(C2CCCOC2)nc(C)c1F. The van der Waals surface area contributed by atoms with Crippen LogP contribution in [0.5, 0.6) is 0 Å². The molecule has 1 aliphatic rings. The van der Waals surface area contributed by atoms with Gasteiger partial charge in [0.1, 0.15) is 5.82 Å². The maximum absolute atomic E-state index is 13.9. The molecule has 0 amide bonds. The summed E-state index contributed by atoms with van der Waals surface area (Å²) in [7, 11) is 0. The van der Waals surface area contributed by atoms with Gasteiger partial charge in [0, 0.05) is 19.1 Å². The summed E-state index contributed by atoms with van der Waals surface area (Å²) in [6.45, 7) is 5.88. The molecular formula is C13H20FN3O. The molecule has 0 bridgehead atoms. The average molecular weight is 253 g/mol. The van der Waals surface area contributed by atoms with Crippen LogP contribution in [-0.4, -0.2) is 29.7 Å². The number of hydrogen-bond acceptors (Lipinski definition) is 4. The molecule has 2 rings (SSSR count). The van der Waals surface area contributed by atoms with E-state index in [0.717, 1.165) is 25.9 Å². The molecule has 1 aromatic heterocycles. The molecule has 1 N–H and O–H groups in total. The molecule has 0 spiro atoms. The van der Waals surface area contributed by atoms with E-state index in [2.05, 4.69) is 15.3 Å². The Kier molecular flexibility index (Phi) is 4.47. The molecular weight excluding hydrogens is 233 g/mol. The zero-order chi connectivity index (χ0) is 13.0. The lowest BCUT2D eigenvalue weighted by atomic mass is 10.0. The molecule has 100 valence electrons. The molecule has 1 aliphatic heterocycles. The van der Waals surface area contributed by atoms with Crippen LogP contribution < -0.4 is 5.32 Å². The monoisotopic (exact) mass is 253 g/mol. The molecule has 18 heavy (non-hydrogen) atoms. The van der Waals surface area contributed by atoms with Gasteiger partial charge in [0.05, 0.1) is 12.3 Å². The Hall–Kier alpha value is -1.23. The molecule has 0 radical (unpaired) electrons. The lowest BCUT2D eigenvalue weighted by Gasteiger charge is -2.21. The van der Waals surface area contributed by atoms with Gasteiger partial charge in [0.25, 0.3) is 0 Å². The third-order valence-corrected chi connectivity index (χ3v) is 3.10. The molecule has 2 heterocycles. The molecule has 1 saturated heterocycles. The van der Waals surface area contributed by atoms with Gasteiger partial charge in [-0.25, -0.2) is 14.4 Å². The fourth-order valence-electron chi connectivity index (χ4n) is 2.07. The number of aryl methyl sites for hydroxylation is 1. The molecule has 5 heteroatoms. The highest BCUT2D eigenvalue weighted by atomic mass is 19.1. The lowest BCUT2D eigenvalue weighted by Crippen LogP contribution is -2.19. The second-order valence-corrected chi connectivity index (χ2v) is 4.67. The van der Waals surface area contributed by atoms with Crippen LogP contribution in [0.3, 0.4) is 0 Å². The van der Waals surface area contributed by atoms with Gasteiger partial charge < -0.3 is 10.1 Å². The molecule has 0 saturated carbocycles. The minimum Gasteiger partial charge on any atom is -0.381 e. The Morgan fingerprint density at radius 2 is 2.28 bits per heavy atom. The lowest BCUT2D eigenvalue weighted by molar-refractivity contribution is 0.0780. The van der Waals surface area contributed by atoms with Gasteiger partial charge in [-0.1, -0.05) is 6.92 Å². The summed E-state index contributed by atoms with van der Waals surface area (Å²) >= 11 is 0. The Balaban J connectivity index is 2.22. The quantitative estimate of drug-likeness (QED) is 0.896. The van der Waals surface area contributed by atoms with Crippen molar-refractivity contribution in [3.05, 3.63) is 17.3 Å². The van der Waals surface area contributed by atoms with E-state index < -0.39 is 0 Å². The first-order chi connectivity index (χ1) is 8.72. The van der Waals surface area contributed by atoms with E-state index >= 15 is 0 Å². The number of aromatic nitrogens is 2. The first-order valence-corrected chi connectivity index (χ1v) is 6.58. The minimum absolute atomic E-state index is 0.195. The van der Waals surface area contributed by atoms with Crippen LogP contribution in [0.15, 0.2) is 0 Å². The summed E-state index contributed by atoms with van der Waals surface area (Å²) in [6, 6.07) is 0. The van der Waals surface area contributed by atoms with E-state index in [0.29, 0.717) is 30.5 Å². The topological polar surface area (TPSA) is 47.0 Å². The van der Waals surface area contributed by atoms with Crippen molar-refractivity contribution in [3.8, 4) is 0 Å². The number of nitrogens with zero attached hydrogens (tertiary/aromatic N) is 2. The molecule has 1 unspecified atom stereocenters. The Morgan fingerprint density at radius 1 is 1.44 bits per heavy atom. The number of nitrogens with one attached hydrogen (secondary N) is 1. The molecule has 4 nitrogen and oxygen atoms in total. The van der Waals surface area contributed by atoms with Gasteiger partial charge in [0.2, 0.25) is 0 Å². The number of ether oxygens (including phenoxy) is 1. The highest BCUT2D eigenvalue weighted by Gasteiger charge is 2.21. The van der Waals surface area contributed by atoms with Crippen molar-refractivity contribution in [3.63, 3.8) is 0 Å². The van der Waals surface area contributed by atoms with Gasteiger partial charge in [-0.15, -0.1) is 0 Å². The third-order valence-electron chi connectivity index (χ3n) is 3.10. The molecule has 1 atom stereocenters. The summed E-state index contributed by atoms with van der Waals surface area (Å²) < 4.78 is 19.3. The molecule has 0 aromatic carbocycles.